The molecule has 1 saturated heterocycles. The van der Waals surface area contributed by atoms with Crippen LogP contribution in [0.15, 0.2) is 0 Å². The predicted octanol–water partition coefficient (Wildman–Crippen LogP) is 1.24. The van der Waals surface area contributed by atoms with Gasteiger partial charge < -0.3 is 15.4 Å². The van der Waals surface area contributed by atoms with E-state index in [1.807, 2.05) is 6.92 Å². The molecule has 1 rings (SSSR count). The number of rotatable bonds is 9. The lowest BCUT2D eigenvalue weighted by Crippen LogP contribution is -2.47. The Bertz CT molecular complexity index is 291. The Labute approximate surface area is 129 Å². The SMILES string of the molecule is CCCNC(C)C1CCN(CC(=O)NC(C)COC)CC1. The summed E-state index contributed by atoms with van der Waals surface area (Å²) in [7, 11) is 1.65. The molecule has 1 aliphatic heterocycles. The van der Waals surface area contributed by atoms with Crippen molar-refractivity contribution in [3.05, 3.63) is 0 Å². The maximum absolute atomic E-state index is 11.9. The number of nitrogens with zero attached hydrogens (tertiary/aromatic N) is 1. The molecule has 1 fully saturated rings. The average Bonchev–Trinajstić information content (AvgIpc) is 2.45. The van der Waals surface area contributed by atoms with E-state index in [1.165, 1.54) is 19.3 Å². The minimum absolute atomic E-state index is 0.0818. The Hall–Kier alpha value is -0.650. The van der Waals surface area contributed by atoms with Crippen LogP contribution in [0.3, 0.4) is 0 Å². The van der Waals surface area contributed by atoms with Crippen LogP contribution in [0.1, 0.15) is 40.0 Å². The lowest BCUT2D eigenvalue weighted by Gasteiger charge is -2.35. The van der Waals surface area contributed by atoms with Gasteiger partial charge in [0.25, 0.3) is 0 Å². The molecule has 5 heteroatoms. The number of ether oxygens (including phenoxy) is 1. The van der Waals surface area contributed by atoms with E-state index in [4.69, 9.17) is 4.74 Å². The number of carbonyl (C=O) groups excluding carboxylic acids is 1. The molecule has 124 valence electrons. The van der Waals surface area contributed by atoms with Crippen LogP contribution in [0.25, 0.3) is 0 Å². The van der Waals surface area contributed by atoms with Crippen molar-refractivity contribution in [2.45, 2.75) is 52.1 Å². The van der Waals surface area contributed by atoms with Crippen molar-refractivity contribution in [3.63, 3.8) is 0 Å². The summed E-state index contributed by atoms with van der Waals surface area (Å²) in [5.41, 5.74) is 0. The zero-order valence-electron chi connectivity index (χ0n) is 14.2. The zero-order valence-corrected chi connectivity index (χ0v) is 14.2. The van der Waals surface area contributed by atoms with Gasteiger partial charge in [0.15, 0.2) is 0 Å². The van der Waals surface area contributed by atoms with Gasteiger partial charge in [0.2, 0.25) is 5.91 Å². The Morgan fingerprint density at radius 1 is 1.33 bits per heavy atom. The topological polar surface area (TPSA) is 53.6 Å². The first-order chi connectivity index (χ1) is 10.1. The Morgan fingerprint density at radius 2 is 2.00 bits per heavy atom. The van der Waals surface area contributed by atoms with E-state index in [9.17, 15) is 4.79 Å². The zero-order chi connectivity index (χ0) is 15.7. The Morgan fingerprint density at radius 3 is 2.57 bits per heavy atom. The Kier molecular flexibility index (Phi) is 8.88. The molecule has 0 spiro atoms. The summed E-state index contributed by atoms with van der Waals surface area (Å²) >= 11 is 0. The van der Waals surface area contributed by atoms with E-state index in [-0.39, 0.29) is 11.9 Å². The van der Waals surface area contributed by atoms with Gasteiger partial charge in [0, 0.05) is 19.2 Å². The predicted molar refractivity (Wildman–Crippen MR) is 86.4 cm³/mol. The van der Waals surface area contributed by atoms with Gasteiger partial charge >= 0.3 is 0 Å². The molecule has 0 aromatic carbocycles. The molecule has 1 aliphatic rings. The Balaban J connectivity index is 2.22. The third kappa shape index (κ3) is 7.25. The van der Waals surface area contributed by atoms with Crippen molar-refractivity contribution in [2.24, 2.45) is 5.92 Å². The lowest BCUT2D eigenvalue weighted by atomic mass is 9.90. The van der Waals surface area contributed by atoms with Crippen LogP contribution in [-0.4, -0.2) is 62.8 Å². The molecule has 0 saturated carbocycles. The number of hydrogen-bond acceptors (Lipinski definition) is 4. The van der Waals surface area contributed by atoms with E-state index < -0.39 is 0 Å². The standard InChI is InChI=1S/C16H33N3O2/c1-5-8-17-14(3)15-6-9-19(10-7-15)11-16(20)18-13(2)12-21-4/h13-15,17H,5-12H2,1-4H3,(H,18,20). The number of amides is 1. The first-order valence-corrected chi connectivity index (χ1v) is 8.30. The lowest BCUT2D eigenvalue weighted by molar-refractivity contribution is -0.123. The minimum Gasteiger partial charge on any atom is -0.383 e. The molecule has 1 heterocycles. The number of likely N-dealkylation sites (tertiary alicyclic amines) is 1. The number of nitrogens with one attached hydrogen (secondary N) is 2. The second-order valence-electron chi connectivity index (χ2n) is 6.28. The van der Waals surface area contributed by atoms with Gasteiger partial charge in [-0.25, -0.2) is 0 Å². The smallest absolute Gasteiger partial charge is 0.234 e. The van der Waals surface area contributed by atoms with Crippen molar-refractivity contribution < 1.29 is 9.53 Å². The van der Waals surface area contributed by atoms with Crippen molar-refractivity contribution in [2.75, 3.05) is 39.9 Å². The first-order valence-electron chi connectivity index (χ1n) is 8.30. The first kappa shape index (κ1) is 18.4. The molecule has 0 aromatic rings. The quantitative estimate of drug-likeness (QED) is 0.672. The fraction of sp³-hybridized carbons (Fsp3) is 0.938. The summed E-state index contributed by atoms with van der Waals surface area (Å²) in [6.07, 6.45) is 3.54. The molecule has 2 atom stereocenters. The van der Waals surface area contributed by atoms with Crippen LogP contribution in [0.5, 0.6) is 0 Å². The molecule has 1 amide bonds. The number of piperidine rings is 1. The number of hydrogen-bond donors (Lipinski definition) is 2. The van der Waals surface area contributed by atoms with Crippen LogP contribution in [0.4, 0.5) is 0 Å². The molecule has 5 nitrogen and oxygen atoms in total. The largest absolute Gasteiger partial charge is 0.383 e. The van der Waals surface area contributed by atoms with E-state index in [1.54, 1.807) is 7.11 Å². The summed E-state index contributed by atoms with van der Waals surface area (Å²) < 4.78 is 5.03. The second-order valence-corrected chi connectivity index (χ2v) is 6.28. The third-order valence-corrected chi connectivity index (χ3v) is 4.25. The highest BCUT2D eigenvalue weighted by Crippen LogP contribution is 2.20. The maximum atomic E-state index is 11.9. The average molecular weight is 299 g/mol. The minimum atomic E-state index is 0.0818. The summed E-state index contributed by atoms with van der Waals surface area (Å²) in [5, 5.41) is 6.56. The van der Waals surface area contributed by atoms with Gasteiger partial charge in [-0.1, -0.05) is 6.92 Å². The summed E-state index contributed by atoms with van der Waals surface area (Å²) in [6, 6.07) is 0.668. The number of methoxy groups -OCH3 is 1. The van der Waals surface area contributed by atoms with Crippen molar-refractivity contribution >= 4 is 5.91 Å². The van der Waals surface area contributed by atoms with Crippen LogP contribution < -0.4 is 10.6 Å². The molecule has 2 unspecified atom stereocenters. The van der Waals surface area contributed by atoms with E-state index in [0.717, 1.165) is 25.6 Å². The van der Waals surface area contributed by atoms with Crippen LogP contribution in [0, 0.1) is 5.92 Å². The second kappa shape index (κ2) is 10.1. The molecular weight excluding hydrogens is 266 g/mol. The molecule has 0 bridgehead atoms. The van der Waals surface area contributed by atoms with E-state index in [0.29, 0.717) is 19.2 Å². The van der Waals surface area contributed by atoms with Crippen molar-refractivity contribution in [1.82, 2.24) is 15.5 Å². The van der Waals surface area contributed by atoms with Gasteiger partial charge in [0.05, 0.1) is 13.2 Å². The highest BCUT2D eigenvalue weighted by molar-refractivity contribution is 5.78. The highest BCUT2D eigenvalue weighted by atomic mass is 16.5. The number of carbonyl (C=O) groups is 1. The van der Waals surface area contributed by atoms with Gasteiger partial charge in [0.1, 0.15) is 0 Å². The molecule has 0 aromatic heterocycles. The summed E-state index contributed by atoms with van der Waals surface area (Å²) in [6.45, 7) is 10.7. The summed E-state index contributed by atoms with van der Waals surface area (Å²) in [4.78, 5) is 14.2. The monoisotopic (exact) mass is 299 g/mol. The molecule has 0 radical (unpaired) electrons. The van der Waals surface area contributed by atoms with Gasteiger partial charge in [-0.2, -0.15) is 0 Å². The molecule has 2 N–H and O–H groups in total. The van der Waals surface area contributed by atoms with Crippen molar-refractivity contribution in [1.29, 1.82) is 0 Å². The molecule has 0 aliphatic carbocycles. The third-order valence-electron chi connectivity index (χ3n) is 4.25. The van der Waals surface area contributed by atoms with Crippen LogP contribution in [0.2, 0.25) is 0 Å². The van der Waals surface area contributed by atoms with Gasteiger partial charge in [-0.15, -0.1) is 0 Å². The highest BCUT2D eigenvalue weighted by Gasteiger charge is 2.24. The fourth-order valence-electron chi connectivity index (χ4n) is 2.96. The van der Waals surface area contributed by atoms with Crippen LogP contribution >= 0.6 is 0 Å². The van der Waals surface area contributed by atoms with E-state index in [2.05, 4.69) is 29.4 Å². The molecular formula is C16H33N3O2. The van der Waals surface area contributed by atoms with Gasteiger partial charge in [-0.3, -0.25) is 9.69 Å². The van der Waals surface area contributed by atoms with Crippen LogP contribution in [-0.2, 0) is 9.53 Å². The van der Waals surface area contributed by atoms with Gasteiger partial charge in [-0.05, 0) is 58.7 Å². The summed E-state index contributed by atoms with van der Waals surface area (Å²) in [5.74, 6) is 0.846. The van der Waals surface area contributed by atoms with Crippen molar-refractivity contribution in [3.8, 4) is 0 Å². The van der Waals surface area contributed by atoms with E-state index >= 15 is 0 Å². The maximum Gasteiger partial charge on any atom is 0.234 e. The normalized spacial score (nSPS) is 20.2. The molecule has 21 heavy (non-hydrogen) atoms. The fourth-order valence-corrected chi connectivity index (χ4v) is 2.96.